The Balaban J connectivity index is 1.82. The van der Waals surface area contributed by atoms with Crippen molar-refractivity contribution >= 4 is 17.5 Å². The van der Waals surface area contributed by atoms with Crippen molar-refractivity contribution < 1.29 is 4.79 Å². The lowest BCUT2D eigenvalue weighted by Gasteiger charge is -2.06. The van der Waals surface area contributed by atoms with Crippen molar-refractivity contribution in [3.8, 4) is 0 Å². The van der Waals surface area contributed by atoms with E-state index < -0.39 is 0 Å². The Bertz CT molecular complexity index is 652. The number of halogens is 1. The molecule has 4 nitrogen and oxygen atoms in total. The average molecular weight is 291 g/mol. The number of benzene rings is 1. The largest absolute Gasteiger partial charge is 0.352 e. The van der Waals surface area contributed by atoms with Gasteiger partial charge in [0.1, 0.15) is 0 Å². The Morgan fingerprint density at radius 3 is 2.80 bits per heavy atom. The highest BCUT2D eigenvalue weighted by Gasteiger charge is 2.05. The molecule has 20 heavy (non-hydrogen) atoms. The van der Waals surface area contributed by atoms with Gasteiger partial charge in [0.2, 0.25) is 11.5 Å². The number of hydrogen-bond acceptors (Lipinski definition) is 2. The molecule has 1 amide bonds. The van der Waals surface area contributed by atoms with Crippen LogP contribution in [0.4, 0.5) is 0 Å². The van der Waals surface area contributed by atoms with E-state index in [0.717, 1.165) is 11.1 Å². The molecular formula is C15H15ClN2O2. The summed E-state index contributed by atoms with van der Waals surface area (Å²) in [6, 6.07) is 10.7. The average Bonchev–Trinajstić information content (AvgIpc) is 2.44. The highest BCUT2D eigenvalue weighted by Crippen LogP contribution is 2.16. The number of carbonyl (C=O) groups is 1. The van der Waals surface area contributed by atoms with E-state index in [2.05, 4.69) is 10.3 Å². The first-order valence-electron chi connectivity index (χ1n) is 6.33. The molecule has 0 saturated heterocycles. The lowest BCUT2D eigenvalue weighted by atomic mass is 10.1. The molecule has 1 aromatic heterocycles. The molecule has 0 aliphatic rings. The lowest BCUT2D eigenvalue weighted by molar-refractivity contribution is -0.121. The fraction of sp³-hybridized carbons (Fsp3) is 0.200. The molecule has 0 atom stereocenters. The first-order valence-corrected chi connectivity index (χ1v) is 6.70. The molecule has 0 radical (unpaired) electrons. The minimum atomic E-state index is -0.173. The minimum absolute atomic E-state index is 0.0646. The van der Waals surface area contributed by atoms with Crippen LogP contribution in [0.15, 0.2) is 47.4 Å². The van der Waals surface area contributed by atoms with E-state index in [1.54, 1.807) is 12.3 Å². The van der Waals surface area contributed by atoms with Crippen LogP contribution in [-0.2, 0) is 17.8 Å². The number of nitrogens with one attached hydrogen (secondary N) is 2. The number of amides is 1. The zero-order valence-electron chi connectivity index (χ0n) is 10.9. The zero-order chi connectivity index (χ0) is 14.4. The van der Waals surface area contributed by atoms with Crippen LogP contribution in [0.2, 0.25) is 5.02 Å². The molecule has 0 aliphatic heterocycles. The summed E-state index contributed by atoms with van der Waals surface area (Å²) in [5.74, 6) is -0.0646. The third-order valence-electron chi connectivity index (χ3n) is 2.91. The monoisotopic (exact) mass is 290 g/mol. The van der Waals surface area contributed by atoms with Crippen LogP contribution in [0.25, 0.3) is 0 Å². The predicted molar refractivity (Wildman–Crippen MR) is 78.7 cm³/mol. The second-order valence-corrected chi connectivity index (χ2v) is 4.84. The second-order valence-electron chi connectivity index (χ2n) is 4.43. The van der Waals surface area contributed by atoms with Gasteiger partial charge in [0.15, 0.2) is 0 Å². The number of carbonyl (C=O) groups excluding carboxylic acids is 1. The van der Waals surface area contributed by atoms with Gasteiger partial charge in [0.25, 0.3) is 0 Å². The van der Waals surface area contributed by atoms with Crippen LogP contribution >= 0.6 is 11.6 Å². The molecular weight excluding hydrogens is 276 g/mol. The van der Waals surface area contributed by atoms with E-state index >= 15 is 0 Å². The number of aromatic amines is 1. The van der Waals surface area contributed by atoms with Gasteiger partial charge in [-0.1, -0.05) is 29.8 Å². The predicted octanol–water partition coefficient (Wildman–Crippen LogP) is 2.28. The lowest BCUT2D eigenvalue weighted by Crippen LogP contribution is -2.23. The van der Waals surface area contributed by atoms with E-state index in [4.69, 9.17) is 11.6 Å². The van der Waals surface area contributed by atoms with Crippen molar-refractivity contribution in [2.45, 2.75) is 19.4 Å². The molecule has 0 fully saturated rings. The first-order chi connectivity index (χ1) is 9.65. The third kappa shape index (κ3) is 4.24. The summed E-state index contributed by atoms with van der Waals surface area (Å²) in [4.78, 5) is 25.4. The van der Waals surface area contributed by atoms with Gasteiger partial charge in [0, 0.05) is 30.3 Å². The Morgan fingerprint density at radius 1 is 1.25 bits per heavy atom. The van der Waals surface area contributed by atoms with Crippen LogP contribution < -0.4 is 10.9 Å². The molecule has 2 aromatic rings. The van der Waals surface area contributed by atoms with Gasteiger partial charge in [0.05, 0.1) is 0 Å². The van der Waals surface area contributed by atoms with Crippen LogP contribution in [0.5, 0.6) is 0 Å². The topological polar surface area (TPSA) is 62.0 Å². The normalized spacial score (nSPS) is 10.2. The standard InChI is InChI=1S/C15H15ClN2O2/c16-13-4-2-1-3-12(13)5-6-14(19)18-10-11-7-8-17-15(20)9-11/h1-4,7-9H,5-6,10H2,(H,17,20)(H,18,19). The van der Waals surface area contributed by atoms with Gasteiger partial charge in [-0.25, -0.2) is 0 Å². The van der Waals surface area contributed by atoms with Crippen molar-refractivity contribution in [2.75, 3.05) is 0 Å². The van der Waals surface area contributed by atoms with E-state index in [1.165, 1.54) is 6.07 Å². The number of aryl methyl sites for hydroxylation is 1. The second kappa shape index (κ2) is 6.91. The molecule has 0 spiro atoms. The summed E-state index contributed by atoms with van der Waals surface area (Å²) in [6.45, 7) is 0.352. The first kappa shape index (κ1) is 14.3. The number of aromatic nitrogens is 1. The molecule has 2 N–H and O–H groups in total. The molecule has 0 bridgehead atoms. The van der Waals surface area contributed by atoms with Crippen LogP contribution in [0.3, 0.4) is 0 Å². The third-order valence-corrected chi connectivity index (χ3v) is 3.28. The van der Waals surface area contributed by atoms with Crippen molar-refractivity contribution in [1.82, 2.24) is 10.3 Å². The SMILES string of the molecule is O=C(CCc1ccccc1Cl)NCc1cc[nH]c(=O)c1. The quantitative estimate of drug-likeness (QED) is 0.887. The zero-order valence-corrected chi connectivity index (χ0v) is 11.6. The van der Waals surface area contributed by atoms with Gasteiger partial charge >= 0.3 is 0 Å². The Kier molecular flexibility index (Phi) is 4.96. The fourth-order valence-corrected chi connectivity index (χ4v) is 2.07. The Hall–Kier alpha value is -2.07. The van der Waals surface area contributed by atoms with Gasteiger partial charge < -0.3 is 10.3 Å². The summed E-state index contributed by atoms with van der Waals surface area (Å²) in [7, 11) is 0. The van der Waals surface area contributed by atoms with Crippen LogP contribution in [0, 0.1) is 0 Å². The number of pyridine rings is 1. The summed E-state index contributed by atoms with van der Waals surface area (Å²) in [5.41, 5.74) is 1.56. The maximum Gasteiger partial charge on any atom is 0.248 e. The number of rotatable bonds is 5. The van der Waals surface area contributed by atoms with E-state index in [9.17, 15) is 9.59 Å². The highest BCUT2D eigenvalue weighted by molar-refractivity contribution is 6.31. The van der Waals surface area contributed by atoms with Gasteiger partial charge in [-0.05, 0) is 29.7 Å². The highest BCUT2D eigenvalue weighted by atomic mass is 35.5. The number of hydrogen-bond donors (Lipinski definition) is 2. The molecule has 0 unspecified atom stereocenters. The molecule has 104 valence electrons. The molecule has 5 heteroatoms. The number of H-pyrrole nitrogens is 1. The van der Waals surface area contributed by atoms with Crippen molar-refractivity contribution in [1.29, 1.82) is 0 Å². The van der Waals surface area contributed by atoms with Crippen molar-refractivity contribution in [2.24, 2.45) is 0 Å². The van der Waals surface area contributed by atoms with E-state index in [-0.39, 0.29) is 11.5 Å². The summed E-state index contributed by atoms with van der Waals surface area (Å²) in [5, 5.41) is 3.46. The minimum Gasteiger partial charge on any atom is -0.352 e. The summed E-state index contributed by atoms with van der Waals surface area (Å²) in [6.07, 6.45) is 2.53. The van der Waals surface area contributed by atoms with Gasteiger partial charge in [-0.3, -0.25) is 9.59 Å². The maximum atomic E-state index is 11.7. The molecule has 1 aromatic carbocycles. The molecule has 0 saturated carbocycles. The maximum absolute atomic E-state index is 11.7. The van der Waals surface area contributed by atoms with Crippen molar-refractivity contribution in [3.63, 3.8) is 0 Å². The molecule has 0 aliphatic carbocycles. The van der Waals surface area contributed by atoms with Gasteiger partial charge in [-0.2, -0.15) is 0 Å². The summed E-state index contributed by atoms with van der Waals surface area (Å²) >= 11 is 6.03. The molecule has 1 heterocycles. The van der Waals surface area contributed by atoms with Crippen LogP contribution in [0.1, 0.15) is 17.5 Å². The fourth-order valence-electron chi connectivity index (χ4n) is 1.84. The van der Waals surface area contributed by atoms with Gasteiger partial charge in [-0.15, -0.1) is 0 Å². The molecule has 2 rings (SSSR count). The van der Waals surface area contributed by atoms with Crippen LogP contribution in [-0.4, -0.2) is 10.9 Å². The smallest absolute Gasteiger partial charge is 0.248 e. The Morgan fingerprint density at radius 2 is 2.05 bits per heavy atom. The van der Waals surface area contributed by atoms with Crippen molar-refractivity contribution in [3.05, 3.63) is 69.1 Å². The van der Waals surface area contributed by atoms with E-state index in [1.807, 2.05) is 24.3 Å². The van der Waals surface area contributed by atoms with E-state index in [0.29, 0.717) is 24.4 Å². The summed E-state index contributed by atoms with van der Waals surface area (Å²) < 4.78 is 0. The Labute approximate surface area is 121 Å².